The quantitative estimate of drug-likeness (QED) is 0.613. The normalized spacial score (nSPS) is 15.1. The van der Waals surface area contributed by atoms with Gasteiger partial charge in [0.2, 0.25) is 6.79 Å². The fourth-order valence-corrected chi connectivity index (χ4v) is 2.81. The molecule has 150 valence electrons. The highest BCUT2D eigenvalue weighted by atomic mass is 16.7. The van der Waals surface area contributed by atoms with E-state index in [9.17, 15) is 9.59 Å². The van der Waals surface area contributed by atoms with E-state index in [1.54, 1.807) is 42.5 Å². The monoisotopic (exact) mass is 397 g/mol. The second-order valence-electron chi connectivity index (χ2n) is 6.37. The fourth-order valence-electron chi connectivity index (χ4n) is 2.81. The molecule has 0 bridgehead atoms. The Kier molecular flexibility index (Phi) is 5.24. The van der Waals surface area contributed by atoms with Crippen molar-refractivity contribution in [2.24, 2.45) is 0 Å². The summed E-state index contributed by atoms with van der Waals surface area (Å²) in [7, 11) is 0. The molecule has 29 heavy (non-hydrogen) atoms. The second kappa shape index (κ2) is 8.14. The van der Waals surface area contributed by atoms with Gasteiger partial charge in [-0.2, -0.15) is 0 Å². The van der Waals surface area contributed by atoms with Crippen molar-refractivity contribution in [2.45, 2.75) is 13.0 Å². The standard InChI is InChI=1S/C21H19NO7/c1-13(21(24)22-15-4-6-16-19(11-15)26-9-8-25-16)29-20(23)7-3-14-2-5-17-18(10-14)28-12-27-17/h2-7,10-11,13H,8-9,12H2,1H3,(H,22,24)/b7-3+/t13-/m0/s1. The number of rotatable bonds is 5. The summed E-state index contributed by atoms with van der Waals surface area (Å²) in [4.78, 5) is 24.3. The zero-order chi connectivity index (χ0) is 20.2. The van der Waals surface area contributed by atoms with E-state index in [1.165, 1.54) is 13.0 Å². The van der Waals surface area contributed by atoms with E-state index in [-0.39, 0.29) is 6.79 Å². The summed E-state index contributed by atoms with van der Waals surface area (Å²) < 4.78 is 26.6. The molecule has 0 unspecified atom stereocenters. The molecule has 0 fully saturated rings. The van der Waals surface area contributed by atoms with Crippen LogP contribution in [0.5, 0.6) is 23.0 Å². The molecule has 0 radical (unpaired) electrons. The van der Waals surface area contributed by atoms with Gasteiger partial charge in [0.25, 0.3) is 5.91 Å². The zero-order valence-electron chi connectivity index (χ0n) is 15.7. The number of hydrogen-bond donors (Lipinski definition) is 1. The Balaban J connectivity index is 1.31. The Bertz CT molecular complexity index is 969. The average molecular weight is 397 g/mol. The molecule has 2 aromatic rings. The maximum atomic E-state index is 12.3. The summed E-state index contributed by atoms with van der Waals surface area (Å²) in [6.07, 6.45) is 1.86. The third kappa shape index (κ3) is 4.43. The summed E-state index contributed by atoms with van der Waals surface area (Å²) in [6.45, 7) is 2.62. The maximum Gasteiger partial charge on any atom is 0.331 e. The number of nitrogens with one attached hydrogen (secondary N) is 1. The average Bonchev–Trinajstić information content (AvgIpc) is 3.20. The first-order valence-corrected chi connectivity index (χ1v) is 9.07. The van der Waals surface area contributed by atoms with Gasteiger partial charge >= 0.3 is 5.97 Å². The van der Waals surface area contributed by atoms with E-state index in [2.05, 4.69) is 5.32 Å². The molecule has 2 aliphatic heterocycles. The van der Waals surface area contributed by atoms with Crippen LogP contribution < -0.4 is 24.3 Å². The van der Waals surface area contributed by atoms with Crippen molar-refractivity contribution < 1.29 is 33.3 Å². The molecule has 8 heteroatoms. The van der Waals surface area contributed by atoms with Gasteiger partial charge in [-0.25, -0.2) is 4.79 Å². The molecule has 2 aromatic carbocycles. The lowest BCUT2D eigenvalue weighted by Crippen LogP contribution is -2.29. The molecule has 8 nitrogen and oxygen atoms in total. The SMILES string of the molecule is C[C@H](OC(=O)/C=C/c1ccc2c(c1)OCO2)C(=O)Nc1ccc2c(c1)OCCO2. The van der Waals surface area contributed by atoms with Gasteiger partial charge in [0, 0.05) is 17.8 Å². The minimum absolute atomic E-state index is 0.181. The van der Waals surface area contributed by atoms with E-state index in [0.717, 1.165) is 5.56 Å². The Morgan fingerprint density at radius 1 is 0.966 bits per heavy atom. The van der Waals surface area contributed by atoms with Crippen molar-refractivity contribution in [3.05, 3.63) is 48.0 Å². The van der Waals surface area contributed by atoms with E-state index < -0.39 is 18.0 Å². The smallest absolute Gasteiger partial charge is 0.331 e. The summed E-state index contributed by atoms with van der Waals surface area (Å²) in [6, 6.07) is 10.4. The first-order valence-electron chi connectivity index (χ1n) is 9.07. The second-order valence-corrected chi connectivity index (χ2v) is 6.37. The molecule has 2 aliphatic rings. The molecular formula is C21H19NO7. The number of esters is 1. The highest BCUT2D eigenvalue weighted by Gasteiger charge is 2.19. The summed E-state index contributed by atoms with van der Waals surface area (Å²) in [5.74, 6) is 1.38. The molecule has 0 saturated carbocycles. The first-order chi connectivity index (χ1) is 14.1. The number of fused-ring (bicyclic) bond motifs is 2. The highest BCUT2D eigenvalue weighted by molar-refractivity contribution is 5.96. The van der Waals surface area contributed by atoms with Gasteiger partial charge in [0.1, 0.15) is 13.2 Å². The molecule has 0 saturated heterocycles. The van der Waals surface area contributed by atoms with Crippen molar-refractivity contribution >= 4 is 23.6 Å². The number of hydrogen-bond acceptors (Lipinski definition) is 7. The lowest BCUT2D eigenvalue weighted by Gasteiger charge is -2.19. The van der Waals surface area contributed by atoms with E-state index in [1.807, 2.05) is 0 Å². The highest BCUT2D eigenvalue weighted by Crippen LogP contribution is 2.33. The number of anilines is 1. The van der Waals surface area contributed by atoms with Crippen LogP contribution in [-0.2, 0) is 14.3 Å². The number of ether oxygens (including phenoxy) is 5. The minimum Gasteiger partial charge on any atom is -0.486 e. The van der Waals surface area contributed by atoms with Gasteiger partial charge in [0.05, 0.1) is 0 Å². The van der Waals surface area contributed by atoms with Crippen LogP contribution >= 0.6 is 0 Å². The van der Waals surface area contributed by atoms with E-state index in [4.69, 9.17) is 23.7 Å². The van der Waals surface area contributed by atoms with Crippen LogP contribution in [0.2, 0.25) is 0 Å². The van der Waals surface area contributed by atoms with Gasteiger partial charge in [-0.3, -0.25) is 4.79 Å². The molecule has 1 amide bonds. The summed E-state index contributed by atoms with van der Waals surface area (Å²) in [5, 5.41) is 2.69. The molecule has 4 rings (SSSR count). The van der Waals surface area contributed by atoms with Crippen LogP contribution in [0.1, 0.15) is 12.5 Å². The molecular weight excluding hydrogens is 378 g/mol. The maximum absolute atomic E-state index is 12.3. The Labute approximate surface area is 167 Å². The van der Waals surface area contributed by atoms with Crippen LogP contribution in [0.3, 0.4) is 0 Å². The van der Waals surface area contributed by atoms with Crippen molar-refractivity contribution in [1.82, 2.24) is 0 Å². The molecule has 0 aliphatic carbocycles. The van der Waals surface area contributed by atoms with Gasteiger partial charge < -0.3 is 29.0 Å². The predicted octanol–water partition coefficient (Wildman–Crippen LogP) is 2.77. The number of benzene rings is 2. The molecule has 1 N–H and O–H groups in total. The summed E-state index contributed by atoms with van der Waals surface area (Å²) >= 11 is 0. The largest absolute Gasteiger partial charge is 0.486 e. The third-order valence-corrected chi connectivity index (χ3v) is 4.28. The van der Waals surface area contributed by atoms with Crippen LogP contribution in [0, 0.1) is 0 Å². The fraction of sp³-hybridized carbons (Fsp3) is 0.238. The van der Waals surface area contributed by atoms with Crippen molar-refractivity contribution in [1.29, 1.82) is 0 Å². The lowest BCUT2D eigenvalue weighted by molar-refractivity contribution is -0.148. The van der Waals surface area contributed by atoms with Gasteiger partial charge in [0.15, 0.2) is 29.1 Å². The van der Waals surface area contributed by atoms with Crippen molar-refractivity contribution in [2.75, 3.05) is 25.3 Å². The Morgan fingerprint density at radius 3 is 2.52 bits per heavy atom. The number of carbonyl (C=O) groups excluding carboxylic acids is 2. The van der Waals surface area contributed by atoms with Crippen LogP contribution in [0.4, 0.5) is 5.69 Å². The number of amides is 1. The lowest BCUT2D eigenvalue weighted by atomic mass is 10.2. The molecule has 1 atom stereocenters. The molecule has 0 spiro atoms. The third-order valence-electron chi connectivity index (χ3n) is 4.28. The van der Waals surface area contributed by atoms with Gasteiger partial charge in [-0.05, 0) is 42.8 Å². The van der Waals surface area contributed by atoms with Crippen molar-refractivity contribution in [3.8, 4) is 23.0 Å². The Hall–Kier alpha value is -3.68. The van der Waals surface area contributed by atoms with Crippen LogP contribution in [0.25, 0.3) is 6.08 Å². The number of carbonyl (C=O) groups is 2. The predicted molar refractivity (Wildman–Crippen MR) is 103 cm³/mol. The van der Waals surface area contributed by atoms with Gasteiger partial charge in [-0.1, -0.05) is 6.07 Å². The minimum atomic E-state index is -0.975. The zero-order valence-corrected chi connectivity index (χ0v) is 15.7. The Morgan fingerprint density at radius 2 is 1.66 bits per heavy atom. The van der Waals surface area contributed by atoms with E-state index in [0.29, 0.717) is 41.9 Å². The van der Waals surface area contributed by atoms with Crippen LogP contribution in [0.15, 0.2) is 42.5 Å². The molecule has 2 heterocycles. The van der Waals surface area contributed by atoms with Crippen molar-refractivity contribution in [3.63, 3.8) is 0 Å². The van der Waals surface area contributed by atoms with E-state index >= 15 is 0 Å². The summed E-state index contributed by atoms with van der Waals surface area (Å²) in [5.41, 5.74) is 1.28. The molecule has 0 aromatic heterocycles. The topological polar surface area (TPSA) is 92.3 Å². The van der Waals surface area contributed by atoms with Gasteiger partial charge in [-0.15, -0.1) is 0 Å². The van der Waals surface area contributed by atoms with Crippen LogP contribution in [-0.4, -0.2) is 38.0 Å². The first kappa shape index (κ1) is 18.7.